The summed E-state index contributed by atoms with van der Waals surface area (Å²) in [6.45, 7) is 7.75. The summed E-state index contributed by atoms with van der Waals surface area (Å²) in [6, 6.07) is 2.23. The van der Waals surface area contributed by atoms with E-state index in [0.717, 1.165) is 13.0 Å². The van der Waals surface area contributed by atoms with Crippen molar-refractivity contribution in [2.24, 2.45) is 0 Å². The van der Waals surface area contributed by atoms with E-state index in [2.05, 4.69) is 28.7 Å². The molecule has 4 heteroatoms. The van der Waals surface area contributed by atoms with Gasteiger partial charge in [-0.05, 0) is 19.4 Å². The molecule has 0 aromatic carbocycles. The van der Waals surface area contributed by atoms with Crippen LogP contribution < -0.4 is 0 Å². The van der Waals surface area contributed by atoms with Gasteiger partial charge in [0, 0.05) is 43.5 Å². The van der Waals surface area contributed by atoms with Gasteiger partial charge in [0.1, 0.15) is 0 Å². The monoisotopic (exact) mass is 224 g/mol. The van der Waals surface area contributed by atoms with Crippen LogP contribution in [0.15, 0.2) is 18.5 Å². The van der Waals surface area contributed by atoms with Crippen molar-refractivity contribution in [3.63, 3.8) is 0 Å². The van der Waals surface area contributed by atoms with Crippen LogP contribution in [0.1, 0.15) is 12.5 Å². The highest BCUT2D eigenvalue weighted by Gasteiger charge is 2.12. The standard InChI is InChI=1S/C11H18N3S/c1-11(14-5-2-4-12-14)3-6-13-7-9-15-10-8-13/h2,4-5,11H,1,3,6-10H2. The number of rotatable bonds is 4. The summed E-state index contributed by atoms with van der Waals surface area (Å²) >= 11 is 2.06. The number of nitrogens with zero attached hydrogens (tertiary/aromatic N) is 3. The zero-order chi connectivity index (χ0) is 10.5. The summed E-state index contributed by atoms with van der Waals surface area (Å²) < 4.78 is 1.94. The Hall–Kier alpha value is -0.480. The van der Waals surface area contributed by atoms with E-state index in [0.29, 0.717) is 0 Å². The molecule has 1 aliphatic heterocycles. The van der Waals surface area contributed by atoms with Gasteiger partial charge in [-0.25, -0.2) is 0 Å². The SMILES string of the molecule is [CH2]C(CCN1CCSCC1)n1cccn1. The Morgan fingerprint density at radius 3 is 2.87 bits per heavy atom. The Morgan fingerprint density at radius 2 is 2.20 bits per heavy atom. The molecule has 0 saturated carbocycles. The minimum Gasteiger partial charge on any atom is -0.302 e. The lowest BCUT2D eigenvalue weighted by atomic mass is 10.2. The molecule has 0 N–H and O–H groups in total. The summed E-state index contributed by atoms with van der Waals surface area (Å²) in [4.78, 5) is 2.53. The lowest BCUT2D eigenvalue weighted by molar-refractivity contribution is 0.280. The number of hydrogen-bond donors (Lipinski definition) is 0. The van der Waals surface area contributed by atoms with E-state index in [1.54, 1.807) is 0 Å². The molecule has 1 saturated heterocycles. The molecule has 1 aromatic heterocycles. The summed E-state index contributed by atoms with van der Waals surface area (Å²) in [7, 11) is 0. The molecular weight excluding hydrogens is 206 g/mol. The highest BCUT2D eigenvalue weighted by molar-refractivity contribution is 7.99. The van der Waals surface area contributed by atoms with Crippen molar-refractivity contribution in [1.82, 2.24) is 14.7 Å². The number of hydrogen-bond acceptors (Lipinski definition) is 3. The number of aromatic nitrogens is 2. The van der Waals surface area contributed by atoms with Gasteiger partial charge in [0.25, 0.3) is 0 Å². The molecule has 83 valence electrons. The molecule has 2 heterocycles. The molecule has 2 rings (SSSR count). The van der Waals surface area contributed by atoms with Crippen LogP contribution in [0.25, 0.3) is 0 Å². The van der Waals surface area contributed by atoms with Crippen molar-refractivity contribution in [3.05, 3.63) is 25.4 Å². The van der Waals surface area contributed by atoms with Gasteiger partial charge in [-0.3, -0.25) is 4.68 Å². The number of thioether (sulfide) groups is 1. The van der Waals surface area contributed by atoms with Gasteiger partial charge in [-0.1, -0.05) is 0 Å². The van der Waals surface area contributed by atoms with Crippen molar-refractivity contribution in [2.75, 3.05) is 31.1 Å². The minimum absolute atomic E-state index is 0.273. The van der Waals surface area contributed by atoms with Crippen molar-refractivity contribution >= 4 is 11.8 Å². The molecule has 0 amide bonds. The third-order valence-electron chi connectivity index (χ3n) is 2.78. The molecule has 1 aliphatic rings. The second-order valence-corrected chi connectivity index (χ2v) is 5.11. The normalized spacial score (nSPS) is 20.3. The van der Waals surface area contributed by atoms with E-state index >= 15 is 0 Å². The van der Waals surface area contributed by atoms with Crippen LogP contribution in [0.5, 0.6) is 0 Å². The van der Waals surface area contributed by atoms with Gasteiger partial charge in [-0.2, -0.15) is 16.9 Å². The van der Waals surface area contributed by atoms with Gasteiger partial charge < -0.3 is 4.90 Å². The Bertz CT molecular complexity index is 267. The largest absolute Gasteiger partial charge is 0.302 e. The maximum Gasteiger partial charge on any atom is 0.0532 e. The van der Waals surface area contributed by atoms with Crippen molar-refractivity contribution in [3.8, 4) is 0 Å². The van der Waals surface area contributed by atoms with E-state index in [1.807, 2.05) is 23.1 Å². The Morgan fingerprint density at radius 1 is 1.40 bits per heavy atom. The average Bonchev–Trinajstić information content (AvgIpc) is 2.81. The molecule has 1 unspecified atom stereocenters. The summed E-state index contributed by atoms with van der Waals surface area (Å²) in [5, 5.41) is 4.21. The van der Waals surface area contributed by atoms with Crippen LogP contribution >= 0.6 is 11.8 Å². The topological polar surface area (TPSA) is 21.1 Å². The predicted molar refractivity (Wildman–Crippen MR) is 65.0 cm³/mol. The minimum atomic E-state index is 0.273. The van der Waals surface area contributed by atoms with Crippen LogP contribution in [-0.2, 0) is 0 Å². The first-order valence-electron chi connectivity index (χ1n) is 5.48. The second-order valence-electron chi connectivity index (χ2n) is 3.88. The molecule has 0 bridgehead atoms. The molecule has 1 aromatic rings. The third-order valence-corrected chi connectivity index (χ3v) is 3.72. The van der Waals surface area contributed by atoms with Gasteiger partial charge in [0.15, 0.2) is 0 Å². The van der Waals surface area contributed by atoms with Crippen LogP contribution in [0.2, 0.25) is 0 Å². The van der Waals surface area contributed by atoms with E-state index < -0.39 is 0 Å². The lowest BCUT2D eigenvalue weighted by Crippen LogP contribution is -2.34. The maximum absolute atomic E-state index is 4.21. The first-order chi connectivity index (χ1) is 7.36. The van der Waals surface area contributed by atoms with E-state index in [1.165, 1.54) is 24.6 Å². The van der Waals surface area contributed by atoms with Crippen molar-refractivity contribution in [2.45, 2.75) is 12.5 Å². The van der Waals surface area contributed by atoms with E-state index in [4.69, 9.17) is 0 Å². The smallest absolute Gasteiger partial charge is 0.0532 e. The third kappa shape index (κ3) is 3.24. The fourth-order valence-electron chi connectivity index (χ4n) is 1.79. The molecular formula is C11H18N3S. The molecule has 1 radical (unpaired) electrons. The van der Waals surface area contributed by atoms with Crippen molar-refractivity contribution in [1.29, 1.82) is 0 Å². The van der Waals surface area contributed by atoms with Gasteiger partial charge in [0.2, 0.25) is 0 Å². The highest BCUT2D eigenvalue weighted by atomic mass is 32.2. The lowest BCUT2D eigenvalue weighted by Gasteiger charge is -2.27. The molecule has 1 fully saturated rings. The van der Waals surface area contributed by atoms with Crippen molar-refractivity contribution < 1.29 is 0 Å². The quantitative estimate of drug-likeness (QED) is 0.776. The summed E-state index contributed by atoms with van der Waals surface area (Å²) in [5.74, 6) is 2.56. The Labute approximate surface area is 95.8 Å². The molecule has 3 nitrogen and oxygen atoms in total. The Kier molecular flexibility index (Phi) is 4.09. The van der Waals surface area contributed by atoms with Crippen LogP contribution in [0.3, 0.4) is 0 Å². The second kappa shape index (κ2) is 5.56. The predicted octanol–water partition coefficient (Wildman–Crippen LogP) is 1.70. The Balaban J connectivity index is 1.73. The van der Waals surface area contributed by atoms with Gasteiger partial charge in [-0.15, -0.1) is 0 Å². The molecule has 0 spiro atoms. The van der Waals surface area contributed by atoms with E-state index in [-0.39, 0.29) is 6.04 Å². The molecule has 0 aliphatic carbocycles. The van der Waals surface area contributed by atoms with Crippen LogP contribution in [0, 0.1) is 6.92 Å². The first-order valence-corrected chi connectivity index (χ1v) is 6.64. The summed E-state index contributed by atoms with van der Waals surface area (Å²) in [5.41, 5.74) is 0. The van der Waals surface area contributed by atoms with Gasteiger partial charge in [0.05, 0.1) is 6.04 Å². The van der Waals surface area contributed by atoms with E-state index in [9.17, 15) is 0 Å². The maximum atomic E-state index is 4.21. The molecule has 1 atom stereocenters. The molecule has 15 heavy (non-hydrogen) atoms. The van der Waals surface area contributed by atoms with Crippen LogP contribution in [-0.4, -0.2) is 45.8 Å². The van der Waals surface area contributed by atoms with Gasteiger partial charge >= 0.3 is 0 Å². The zero-order valence-corrected chi connectivity index (χ0v) is 9.83. The summed E-state index contributed by atoms with van der Waals surface area (Å²) in [6.07, 6.45) is 4.89. The first kappa shape index (κ1) is 11.0. The van der Waals surface area contributed by atoms with Crippen LogP contribution in [0.4, 0.5) is 0 Å². The fraction of sp³-hybridized carbons (Fsp3) is 0.636. The fourth-order valence-corrected chi connectivity index (χ4v) is 2.76. The average molecular weight is 224 g/mol. The highest BCUT2D eigenvalue weighted by Crippen LogP contribution is 2.13. The zero-order valence-electron chi connectivity index (χ0n) is 9.01.